The first kappa shape index (κ1) is 28.1. The SMILES string of the molecule is CC(C)(C)OC(=O)N[C@H]1CSc2ccc(C(=O)CCC3CCOCC3)cc2N(Cc2ccc(F)cc2)C1=O. The van der Waals surface area contributed by atoms with E-state index in [4.69, 9.17) is 9.47 Å². The summed E-state index contributed by atoms with van der Waals surface area (Å²) in [6.45, 7) is 6.93. The Labute approximate surface area is 227 Å². The molecule has 9 heteroatoms. The molecule has 1 saturated heterocycles. The summed E-state index contributed by atoms with van der Waals surface area (Å²) in [5, 5.41) is 2.71. The maximum Gasteiger partial charge on any atom is 0.408 e. The summed E-state index contributed by atoms with van der Waals surface area (Å²) in [6.07, 6.45) is 2.52. The Balaban J connectivity index is 1.58. The third-order valence-electron chi connectivity index (χ3n) is 6.61. The molecule has 0 unspecified atom stereocenters. The fourth-order valence-electron chi connectivity index (χ4n) is 4.58. The van der Waals surface area contributed by atoms with Gasteiger partial charge in [-0.2, -0.15) is 0 Å². The van der Waals surface area contributed by atoms with Crippen molar-refractivity contribution in [3.8, 4) is 0 Å². The van der Waals surface area contributed by atoms with Crippen LogP contribution < -0.4 is 10.2 Å². The Morgan fingerprint density at radius 1 is 1.13 bits per heavy atom. The molecule has 1 atom stereocenters. The highest BCUT2D eigenvalue weighted by Crippen LogP contribution is 2.37. The molecule has 0 bridgehead atoms. The summed E-state index contributed by atoms with van der Waals surface area (Å²) in [6, 6.07) is 10.5. The van der Waals surface area contributed by atoms with Gasteiger partial charge in [0.2, 0.25) is 0 Å². The number of amides is 2. The molecule has 0 saturated carbocycles. The number of alkyl carbamates (subject to hydrolysis) is 1. The van der Waals surface area contributed by atoms with Crippen molar-refractivity contribution in [2.45, 2.75) is 69.5 Å². The number of anilines is 1. The molecule has 4 rings (SSSR count). The zero-order valence-electron chi connectivity index (χ0n) is 22.1. The van der Waals surface area contributed by atoms with Gasteiger partial charge in [-0.3, -0.25) is 9.59 Å². The topological polar surface area (TPSA) is 84.9 Å². The van der Waals surface area contributed by atoms with Gasteiger partial charge in [0.25, 0.3) is 5.91 Å². The molecule has 2 heterocycles. The van der Waals surface area contributed by atoms with E-state index in [0.717, 1.165) is 42.9 Å². The summed E-state index contributed by atoms with van der Waals surface area (Å²) in [5.41, 5.74) is 1.17. The smallest absolute Gasteiger partial charge is 0.408 e. The number of hydrogen-bond donors (Lipinski definition) is 1. The molecule has 2 aromatic rings. The number of ether oxygens (including phenoxy) is 2. The van der Waals surface area contributed by atoms with Crippen LogP contribution in [0.2, 0.25) is 0 Å². The third-order valence-corrected chi connectivity index (χ3v) is 7.76. The number of carbonyl (C=O) groups excluding carboxylic acids is 3. The number of thioether (sulfide) groups is 1. The van der Waals surface area contributed by atoms with Crippen molar-refractivity contribution in [3.63, 3.8) is 0 Å². The monoisotopic (exact) mass is 542 g/mol. The standard InChI is InChI=1S/C29H35FN2O5S/c1-29(2,3)37-28(35)31-23-18-38-26-11-7-21(25(33)10-6-19-12-14-36-15-13-19)16-24(26)32(27(23)34)17-20-4-8-22(30)9-5-20/h4-5,7-9,11,16,19,23H,6,10,12-15,17-18H2,1-3H3,(H,31,35)/t23-/m0/s1. The van der Waals surface area contributed by atoms with Crippen molar-refractivity contribution in [2.24, 2.45) is 5.92 Å². The summed E-state index contributed by atoms with van der Waals surface area (Å²) < 4.78 is 24.3. The Bertz CT molecular complexity index is 1160. The van der Waals surface area contributed by atoms with Crippen LogP contribution in [-0.4, -0.2) is 48.4 Å². The van der Waals surface area contributed by atoms with Crippen LogP contribution >= 0.6 is 11.8 Å². The third kappa shape index (κ3) is 7.57. The highest BCUT2D eigenvalue weighted by molar-refractivity contribution is 7.99. The van der Waals surface area contributed by atoms with Gasteiger partial charge >= 0.3 is 6.09 Å². The van der Waals surface area contributed by atoms with Gasteiger partial charge in [-0.15, -0.1) is 11.8 Å². The van der Waals surface area contributed by atoms with Crippen LogP contribution in [0.25, 0.3) is 0 Å². The molecule has 0 spiro atoms. The number of carbonyl (C=O) groups is 3. The molecule has 2 aliphatic heterocycles. The second-order valence-corrected chi connectivity index (χ2v) is 11.8. The van der Waals surface area contributed by atoms with Crippen LogP contribution in [0, 0.1) is 11.7 Å². The Kier molecular flexibility index (Phi) is 9.10. The molecule has 2 aromatic carbocycles. The molecule has 2 aliphatic rings. The number of halogens is 1. The number of hydrogen-bond acceptors (Lipinski definition) is 6. The van der Waals surface area contributed by atoms with E-state index in [2.05, 4.69) is 5.32 Å². The number of nitrogens with one attached hydrogen (secondary N) is 1. The lowest BCUT2D eigenvalue weighted by atomic mass is 9.92. The molecule has 38 heavy (non-hydrogen) atoms. The van der Waals surface area contributed by atoms with Gasteiger partial charge in [0.15, 0.2) is 5.78 Å². The zero-order chi connectivity index (χ0) is 27.3. The van der Waals surface area contributed by atoms with Gasteiger partial charge in [0.05, 0.1) is 12.2 Å². The summed E-state index contributed by atoms with van der Waals surface area (Å²) in [4.78, 5) is 41.8. The van der Waals surface area contributed by atoms with Gasteiger partial charge in [-0.25, -0.2) is 9.18 Å². The highest BCUT2D eigenvalue weighted by Gasteiger charge is 2.33. The van der Waals surface area contributed by atoms with Crippen molar-refractivity contribution in [1.82, 2.24) is 5.32 Å². The number of ketones is 1. The Hall–Kier alpha value is -2.91. The van der Waals surface area contributed by atoms with E-state index in [-0.39, 0.29) is 24.1 Å². The van der Waals surface area contributed by atoms with E-state index in [1.165, 1.54) is 23.9 Å². The second-order valence-electron chi connectivity index (χ2n) is 10.8. The molecule has 204 valence electrons. The van der Waals surface area contributed by atoms with E-state index in [1.807, 2.05) is 6.07 Å². The predicted molar refractivity (Wildman–Crippen MR) is 145 cm³/mol. The lowest BCUT2D eigenvalue weighted by Crippen LogP contribution is -2.50. The van der Waals surface area contributed by atoms with E-state index in [0.29, 0.717) is 29.3 Å². The largest absolute Gasteiger partial charge is 0.444 e. The lowest BCUT2D eigenvalue weighted by Gasteiger charge is -2.27. The number of benzene rings is 2. The summed E-state index contributed by atoms with van der Waals surface area (Å²) >= 11 is 1.44. The second kappa shape index (κ2) is 12.3. The minimum Gasteiger partial charge on any atom is -0.444 e. The minimum atomic E-state index is -0.838. The van der Waals surface area contributed by atoms with Crippen LogP contribution in [0.4, 0.5) is 14.9 Å². The van der Waals surface area contributed by atoms with Crippen molar-refractivity contribution in [2.75, 3.05) is 23.9 Å². The fourth-order valence-corrected chi connectivity index (χ4v) is 5.63. The van der Waals surface area contributed by atoms with Crippen molar-refractivity contribution in [3.05, 3.63) is 59.4 Å². The summed E-state index contributed by atoms with van der Waals surface area (Å²) in [7, 11) is 0. The van der Waals surface area contributed by atoms with Crippen molar-refractivity contribution >= 4 is 35.2 Å². The predicted octanol–water partition coefficient (Wildman–Crippen LogP) is 5.75. The minimum absolute atomic E-state index is 0.0335. The number of nitrogens with zero attached hydrogens (tertiary/aromatic N) is 1. The van der Waals surface area contributed by atoms with E-state index in [9.17, 15) is 18.8 Å². The van der Waals surface area contributed by atoms with E-state index in [1.54, 1.807) is 49.9 Å². The van der Waals surface area contributed by atoms with E-state index < -0.39 is 17.7 Å². The molecular weight excluding hydrogens is 507 g/mol. The highest BCUT2D eigenvalue weighted by atomic mass is 32.2. The van der Waals surface area contributed by atoms with Crippen molar-refractivity contribution in [1.29, 1.82) is 0 Å². The quantitative estimate of drug-likeness (QED) is 0.449. The molecule has 1 N–H and O–H groups in total. The Morgan fingerprint density at radius 2 is 1.84 bits per heavy atom. The van der Waals surface area contributed by atoms with E-state index >= 15 is 0 Å². The molecule has 1 fully saturated rings. The molecule has 0 aromatic heterocycles. The van der Waals surface area contributed by atoms with Crippen LogP contribution in [0.5, 0.6) is 0 Å². The van der Waals surface area contributed by atoms with Crippen molar-refractivity contribution < 1.29 is 28.2 Å². The van der Waals surface area contributed by atoms with Crippen LogP contribution in [0.1, 0.15) is 62.4 Å². The lowest BCUT2D eigenvalue weighted by molar-refractivity contribution is -0.120. The number of rotatable bonds is 7. The zero-order valence-corrected chi connectivity index (χ0v) is 22.9. The van der Waals surface area contributed by atoms with Gasteiger partial charge in [0.1, 0.15) is 17.5 Å². The van der Waals surface area contributed by atoms with Gasteiger partial charge in [-0.05, 0) is 75.8 Å². The molecule has 0 aliphatic carbocycles. The fraction of sp³-hybridized carbons (Fsp3) is 0.483. The Morgan fingerprint density at radius 3 is 2.53 bits per heavy atom. The molecule has 0 radical (unpaired) electrons. The average Bonchev–Trinajstić information content (AvgIpc) is 3.00. The van der Waals surface area contributed by atoms with Gasteiger partial charge < -0.3 is 19.7 Å². The maximum atomic E-state index is 13.8. The normalized spacial score (nSPS) is 18.5. The first-order valence-electron chi connectivity index (χ1n) is 13.0. The summed E-state index contributed by atoms with van der Waals surface area (Å²) in [5.74, 6) is 0.140. The number of Topliss-reactive ketones (excluding diaryl/α,β-unsaturated/α-hetero) is 1. The first-order valence-corrected chi connectivity index (χ1v) is 14.0. The maximum absolute atomic E-state index is 13.8. The van der Waals surface area contributed by atoms with Gasteiger partial charge in [0, 0.05) is 35.8 Å². The van der Waals surface area contributed by atoms with Crippen LogP contribution in [0.3, 0.4) is 0 Å². The van der Waals surface area contributed by atoms with Gasteiger partial charge in [-0.1, -0.05) is 18.2 Å². The average molecular weight is 543 g/mol. The van der Waals surface area contributed by atoms with Crippen LogP contribution in [0.15, 0.2) is 47.4 Å². The number of fused-ring (bicyclic) bond motifs is 1. The first-order chi connectivity index (χ1) is 18.1. The van der Waals surface area contributed by atoms with Crippen LogP contribution in [-0.2, 0) is 20.8 Å². The molecule has 2 amide bonds. The molecule has 7 nitrogen and oxygen atoms in total. The molecular formula is C29H35FN2O5S.